The maximum atomic E-state index is 6.63. The minimum atomic E-state index is -3.73. The van der Waals surface area contributed by atoms with Crippen LogP contribution in [0.15, 0.2) is 42.5 Å². The number of rotatable bonds is 22. The maximum absolute atomic E-state index is 6.63. The summed E-state index contributed by atoms with van der Waals surface area (Å²) in [5, 5.41) is 2.16. The highest BCUT2D eigenvalue weighted by atomic mass is 28.4. The molecule has 0 atom stereocenters. The number of hydrogen-bond acceptors (Lipinski definition) is 9. The molecule has 0 heterocycles. The van der Waals surface area contributed by atoms with Gasteiger partial charge in [0, 0.05) is 75.0 Å². The molecule has 0 spiro atoms. The Morgan fingerprint density at radius 2 is 0.714 bits per heavy atom. The summed E-state index contributed by atoms with van der Waals surface area (Å²) in [6.45, 7) is 20.9. The predicted molar refractivity (Wildman–Crippen MR) is 173 cm³/mol. The monoisotopic (exact) mass is 640 g/mol. The van der Waals surface area contributed by atoms with E-state index >= 15 is 0 Å². The van der Waals surface area contributed by atoms with Crippen molar-refractivity contribution in [3.63, 3.8) is 0 Å². The Morgan fingerprint density at radius 3 is 1.07 bits per heavy atom. The maximum Gasteiger partial charge on any atom is 0.537 e. The molecule has 0 saturated heterocycles. The molecule has 0 aromatic heterocycles. The van der Waals surface area contributed by atoms with Gasteiger partial charge in [0.05, 0.1) is 0 Å². The molecule has 2 aromatic rings. The van der Waals surface area contributed by atoms with Gasteiger partial charge in [-0.15, -0.1) is 0 Å². The van der Waals surface area contributed by atoms with Crippen LogP contribution in [0.4, 0.5) is 0 Å². The molecule has 0 saturated carbocycles. The van der Waals surface area contributed by atoms with Gasteiger partial charge in [-0.25, -0.2) is 0 Å². The summed E-state index contributed by atoms with van der Waals surface area (Å²) in [6, 6.07) is 14.2. The molecule has 0 amide bonds. The van der Waals surface area contributed by atoms with Crippen molar-refractivity contribution in [2.45, 2.75) is 62.3 Å². The van der Waals surface area contributed by atoms with Crippen molar-refractivity contribution in [3.8, 4) is 11.1 Å². The predicted octanol–water partition coefficient (Wildman–Crippen LogP) is 4.12. The van der Waals surface area contributed by atoms with Crippen LogP contribution < -0.4 is 15.6 Å². The van der Waals surface area contributed by atoms with Gasteiger partial charge in [0.2, 0.25) is 0 Å². The lowest BCUT2D eigenvalue weighted by atomic mass is 10.1. The van der Waals surface area contributed by atoms with Gasteiger partial charge in [0.15, 0.2) is 0 Å². The van der Waals surface area contributed by atoms with E-state index in [-0.39, 0.29) is 0 Å². The first-order valence-corrected chi connectivity index (χ1v) is 20.5. The van der Waals surface area contributed by atoms with Crippen molar-refractivity contribution in [1.82, 2.24) is 0 Å². The van der Waals surface area contributed by atoms with Crippen LogP contribution in [-0.2, 0) is 39.8 Å². The average Bonchev–Trinajstić information content (AvgIpc) is 2.98. The number of hydrogen-bond donors (Lipinski definition) is 0. The zero-order valence-electron chi connectivity index (χ0n) is 27.1. The quantitative estimate of drug-likeness (QED) is 0.177. The van der Waals surface area contributed by atoms with Crippen molar-refractivity contribution >= 4 is 42.0 Å². The second-order valence-electron chi connectivity index (χ2n) is 8.84. The third kappa shape index (κ3) is 8.25. The smallest absolute Gasteiger partial charge is 0.370 e. The number of benzene rings is 2. The van der Waals surface area contributed by atoms with E-state index in [1.54, 1.807) is 0 Å². The largest absolute Gasteiger partial charge is 0.537 e. The van der Waals surface area contributed by atoms with Crippen molar-refractivity contribution in [1.29, 1.82) is 0 Å². The molecule has 9 nitrogen and oxygen atoms in total. The van der Waals surface area contributed by atoms with Crippen LogP contribution in [0.3, 0.4) is 0 Å². The van der Waals surface area contributed by atoms with Crippen molar-refractivity contribution in [2.75, 3.05) is 59.5 Å². The van der Waals surface area contributed by atoms with E-state index in [1.165, 1.54) is 0 Å². The van der Waals surface area contributed by atoms with Crippen LogP contribution in [0.1, 0.15) is 62.3 Å². The van der Waals surface area contributed by atoms with Gasteiger partial charge in [-0.05, 0) is 73.4 Å². The molecular weight excluding hydrogens is 589 g/mol. The topological polar surface area (TPSA) is 83.1 Å². The van der Waals surface area contributed by atoms with Gasteiger partial charge < -0.3 is 39.8 Å². The fourth-order valence-corrected chi connectivity index (χ4v) is 15.1. The highest BCUT2D eigenvalue weighted by Gasteiger charge is 2.60. The van der Waals surface area contributed by atoms with Crippen LogP contribution >= 0.6 is 0 Å². The molecule has 0 aliphatic rings. The molecular formula is C30H52O9Si3. The molecule has 0 bridgehead atoms. The van der Waals surface area contributed by atoms with Gasteiger partial charge in [-0.1, -0.05) is 42.5 Å². The molecule has 2 aromatic carbocycles. The molecule has 0 radical (unpaired) electrons. The first kappa shape index (κ1) is 36.9. The van der Waals surface area contributed by atoms with E-state index in [2.05, 4.69) is 18.2 Å². The van der Waals surface area contributed by atoms with Gasteiger partial charge in [0.25, 0.3) is 0 Å². The summed E-state index contributed by atoms with van der Waals surface area (Å²) in [7, 11) is -11.0. The minimum Gasteiger partial charge on any atom is -0.370 e. The summed E-state index contributed by atoms with van der Waals surface area (Å²) in [5.74, 6) is 0. The minimum absolute atomic E-state index is 0.361. The normalized spacial score (nSPS) is 12.7. The SMILES string of the molecule is CCO[Si](OCC)(OCC)c1ccc(-c2ccccc2)c([Si](OCC)(OCC)OCC)c1[Si](OCC)(OCC)OCC. The van der Waals surface area contributed by atoms with Crippen LogP contribution in [-0.4, -0.2) is 85.9 Å². The lowest BCUT2D eigenvalue weighted by Crippen LogP contribution is -2.78. The molecule has 0 N–H and O–H groups in total. The fourth-order valence-electron chi connectivity index (χ4n) is 5.10. The summed E-state index contributed by atoms with van der Waals surface area (Å²) in [4.78, 5) is 0. The van der Waals surface area contributed by atoms with Crippen LogP contribution in [0, 0.1) is 0 Å². The zero-order valence-corrected chi connectivity index (χ0v) is 30.1. The first-order chi connectivity index (χ1) is 20.4. The molecule has 12 heteroatoms. The van der Waals surface area contributed by atoms with Crippen molar-refractivity contribution in [2.24, 2.45) is 0 Å². The Balaban J connectivity index is 3.39. The van der Waals surface area contributed by atoms with Gasteiger partial charge in [-0.3, -0.25) is 0 Å². The highest BCUT2D eigenvalue weighted by Crippen LogP contribution is 2.26. The Hall–Kier alpha value is -1.27. The molecule has 0 fully saturated rings. The molecule has 0 aliphatic carbocycles. The van der Waals surface area contributed by atoms with Crippen LogP contribution in [0.2, 0.25) is 0 Å². The van der Waals surface area contributed by atoms with Crippen molar-refractivity contribution in [3.05, 3.63) is 42.5 Å². The third-order valence-electron chi connectivity index (χ3n) is 6.24. The average molecular weight is 641 g/mol. The van der Waals surface area contributed by atoms with Crippen molar-refractivity contribution < 1.29 is 39.8 Å². The lowest BCUT2D eigenvalue weighted by Gasteiger charge is -2.40. The highest BCUT2D eigenvalue weighted by molar-refractivity contribution is 6.93. The lowest BCUT2D eigenvalue weighted by molar-refractivity contribution is 0.0784. The summed E-state index contributed by atoms with van der Waals surface area (Å²) < 4.78 is 59.3. The van der Waals surface area contributed by atoms with E-state index in [0.717, 1.165) is 21.5 Å². The first-order valence-electron chi connectivity index (χ1n) is 15.4. The van der Waals surface area contributed by atoms with Crippen LogP contribution in [0.5, 0.6) is 0 Å². The van der Waals surface area contributed by atoms with E-state index in [1.807, 2.05) is 86.6 Å². The zero-order chi connectivity index (χ0) is 31.1. The fraction of sp³-hybridized carbons (Fsp3) is 0.600. The molecule has 42 heavy (non-hydrogen) atoms. The summed E-state index contributed by atoms with van der Waals surface area (Å²) >= 11 is 0. The Morgan fingerprint density at radius 1 is 0.381 bits per heavy atom. The van der Waals surface area contributed by atoms with Gasteiger partial charge >= 0.3 is 26.4 Å². The molecule has 0 aliphatic heterocycles. The molecule has 2 rings (SSSR count). The Bertz CT molecular complexity index is 991. The van der Waals surface area contributed by atoms with E-state index in [0.29, 0.717) is 64.6 Å². The Labute approximate surface area is 256 Å². The third-order valence-corrected chi connectivity index (χ3v) is 16.1. The summed E-state index contributed by atoms with van der Waals surface area (Å²) in [6.07, 6.45) is 0. The van der Waals surface area contributed by atoms with E-state index < -0.39 is 26.4 Å². The van der Waals surface area contributed by atoms with Gasteiger partial charge in [-0.2, -0.15) is 0 Å². The second-order valence-corrected chi connectivity index (χ2v) is 16.3. The second kappa shape index (κ2) is 18.5. The van der Waals surface area contributed by atoms with E-state index in [4.69, 9.17) is 39.8 Å². The summed E-state index contributed by atoms with van der Waals surface area (Å²) in [5.41, 5.74) is 1.86. The van der Waals surface area contributed by atoms with Gasteiger partial charge in [0.1, 0.15) is 0 Å². The van der Waals surface area contributed by atoms with Crippen LogP contribution in [0.25, 0.3) is 11.1 Å². The Kier molecular flexibility index (Phi) is 16.3. The van der Waals surface area contributed by atoms with E-state index in [9.17, 15) is 0 Å². The standard InChI is InChI=1S/C30H52O9Si3/c1-10-31-40(32-11-2,33-12-3)28-25-24-27(26-22-20-19-21-23-26)29(41(34-13-4,35-14-5)36-15-6)30(28)42(37-16-7,38-17-8)39-18-9/h19-25H,10-18H2,1-9H3. The molecule has 0 unspecified atom stereocenters. The molecule has 238 valence electrons.